The second-order valence-corrected chi connectivity index (χ2v) is 13.7. The molecular weight excluding hydrogens is 563 g/mol. The Morgan fingerprint density at radius 3 is 2.38 bits per heavy atom. The molecule has 0 radical (unpaired) electrons. The van der Waals surface area contributed by atoms with Crippen LogP contribution in [0, 0.1) is 11.8 Å². The molecule has 2 aromatic rings. The lowest BCUT2D eigenvalue weighted by atomic mass is 9.72. The molecule has 0 spiro atoms. The van der Waals surface area contributed by atoms with Crippen LogP contribution in [0.1, 0.15) is 55.7 Å². The molecular formula is C28H34Cl2N2O6S. The minimum Gasteiger partial charge on any atom is -0.481 e. The average molecular weight is 598 g/mol. The van der Waals surface area contributed by atoms with Crippen LogP contribution in [0.3, 0.4) is 0 Å². The van der Waals surface area contributed by atoms with Crippen molar-refractivity contribution in [1.82, 2.24) is 9.62 Å². The highest BCUT2D eigenvalue weighted by atomic mass is 35.5. The van der Waals surface area contributed by atoms with E-state index in [0.717, 1.165) is 11.1 Å². The number of halogens is 2. The molecule has 6 atom stereocenters. The zero-order valence-corrected chi connectivity index (χ0v) is 24.4. The molecule has 3 unspecified atom stereocenters. The predicted octanol–water partition coefficient (Wildman–Crippen LogP) is 4.87. The van der Waals surface area contributed by atoms with Gasteiger partial charge in [0.25, 0.3) is 0 Å². The van der Waals surface area contributed by atoms with Crippen molar-refractivity contribution in [3.05, 3.63) is 69.7 Å². The minimum absolute atomic E-state index is 0.269. The van der Waals surface area contributed by atoms with Crippen LogP contribution in [-0.4, -0.2) is 61.3 Å². The quantitative estimate of drug-likeness (QED) is 0.382. The molecule has 1 saturated heterocycles. The van der Waals surface area contributed by atoms with E-state index in [4.69, 9.17) is 27.9 Å². The van der Waals surface area contributed by atoms with Crippen LogP contribution in [0.4, 0.5) is 0 Å². The number of nitrogens with zero attached hydrogens (tertiary/aromatic N) is 1. The van der Waals surface area contributed by atoms with Gasteiger partial charge in [-0.1, -0.05) is 54.4 Å². The van der Waals surface area contributed by atoms with Crippen molar-refractivity contribution < 1.29 is 27.9 Å². The first-order valence-electron chi connectivity index (χ1n) is 13.0. The predicted molar refractivity (Wildman–Crippen MR) is 150 cm³/mol. The van der Waals surface area contributed by atoms with Gasteiger partial charge < -0.3 is 15.2 Å². The zero-order valence-electron chi connectivity index (χ0n) is 22.1. The summed E-state index contributed by atoms with van der Waals surface area (Å²) in [7, 11) is -0.489. The van der Waals surface area contributed by atoms with Crippen LogP contribution >= 0.6 is 23.2 Å². The fourth-order valence-electron chi connectivity index (χ4n) is 5.77. The lowest BCUT2D eigenvalue weighted by Gasteiger charge is -2.44. The Bertz CT molecular complexity index is 1300. The van der Waals surface area contributed by atoms with E-state index < -0.39 is 45.3 Å². The molecule has 2 fully saturated rings. The van der Waals surface area contributed by atoms with Gasteiger partial charge in [-0.15, -0.1) is 0 Å². The second kappa shape index (κ2) is 12.1. The fraction of sp³-hybridized carbons (Fsp3) is 0.500. The number of sulfonamides is 1. The van der Waals surface area contributed by atoms with Crippen LogP contribution in [0.25, 0.3) is 0 Å². The van der Waals surface area contributed by atoms with Crippen LogP contribution in [0.15, 0.2) is 48.5 Å². The van der Waals surface area contributed by atoms with Crippen molar-refractivity contribution in [3.8, 4) is 0 Å². The summed E-state index contributed by atoms with van der Waals surface area (Å²) in [6, 6.07) is 13.2. The topological polar surface area (TPSA) is 113 Å². The molecule has 4 rings (SSSR count). The van der Waals surface area contributed by atoms with Crippen molar-refractivity contribution in [2.24, 2.45) is 11.8 Å². The maximum absolute atomic E-state index is 13.4. The number of carboxylic acids is 1. The summed E-state index contributed by atoms with van der Waals surface area (Å²) in [4.78, 5) is 24.6. The molecule has 1 amide bonds. The standard InChI is InChI=1S/C28H34Cl2N2O6S/c1-16(25-23(18-5-4-6-21(30)13-18)14-19(15-24(33)34)28(35)31-25)27(38-3)26(17-7-9-20(29)10-8-17)32(2)39(36,37)22-11-12-22/h4-10,13,16,19,22-23,25-27H,11-12,14-15H2,1-3H3,(H,31,35)(H,33,34)/t16?,19-,23+,25+,26?,27?/m0/s1. The molecule has 39 heavy (non-hydrogen) atoms. The molecule has 0 aromatic heterocycles. The van der Waals surface area contributed by atoms with E-state index in [1.807, 2.05) is 25.1 Å². The van der Waals surface area contributed by atoms with Crippen molar-refractivity contribution in [2.75, 3.05) is 14.2 Å². The Labute approximate surface area is 239 Å². The number of carbonyl (C=O) groups is 2. The number of hydrogen-bond acceptors (Lipinski definition) is 5. The van der Waals surface area contributed by atoms with E-state index in [0.29, 0.717) is 29.3 Å². The number of likely N-dealkylation sites (N-methyl/N-ethyl adjacent to an activating group) is 1. The molecule has 1 saturated carbocycles. The number of hydrogen-bond donors (Lipinski definition) is 2. The fourth-order valence-corrected chi connectivity index (χ4v) is 7.85. The first-order valence-corrected chi connectivity index (χ1v) is 15.2. The number of carboxylic acid groups (broad SMARTS) is 1. The Morgan fingerprint density at radius 1 is 1.15 bits per heavy atom. The van der Waals surface area contributed by atoms with Gasteiger partial charge in [0.1, 0.15) is 0 Å². The summed E-state index contributed by atoms with van der Waals surface area (Å²) in [6.07, 6.45) is 0.605. The van der Waals surface area contributed by atoms with Crippen molar-refractivity contribution in [1.29, 1.82) is 0 Å². The summed E-state index contributed by atoms with van der Waals surface area (Å²) >= 11 is 12.5. The third-order valence-electron chi connectivity index (χ3n) is 7.97. The first-order chi connectivity index (χ1) is 18.4. The van der Waals surface area contributed by atoms with Gasteiger partial charge in [0.05, 0.1) is 23.8 Å². The Balaban J connectivity index is 1.75. The Morgan fingerprint density at radius 2 is 1.82 bits per heavy atom. The summed E-state index contributed by atoms with van der Waals surface area (Å²) in [6.45, 7) is 1.93. The molecule has 2 aromatic carbocycles. The summed E-state index contributed by atoms with van der Waals surface area (Å²) < 4.78 is 34.3. The number of nitrogens with one attached hydrogen (secondary N) is 1. The van der Waals surface area contributed by atoms with Crippen molar-refractivity contribution >= 4 is 45.1 Å². The SMILES string of the molecule is COC(C(C)[C@H]1NC(=O)[C@H](CC(=O)O)C[C@@H]1c1cccc(Cl)c1)C(c1ccc(Cl)cc1)N(C)S(=O)(=O)C1CC1. The van der Waals surface area contributed by atoms with E-state index in [2.05, 4.69) is 5.32 Å². The highest BCUT2D eigenvalue weighted by Gasteiger charge is 2.48. The molecule has 1 aliphatic heterocycles. The molecule has 2 aliphatic rings. The van der Waals surface area contributed by atoms with Gasteiger partial charge in [-0.2, -0.15) is 4.31 Å². The average Bonchev–Trinajstić information content (AvgIpc) is 3.74. The maximum atomic E-state index is 13.4. The number of benzene rings is 2. The Hall–Kier alpha value is -2.17. The van der Waals surface area contributed by atoms with Gasteiger partial charge in [0, 0.05) is 48.0 Å². The molecule has 1 aliphatic carbocycles. The molecule has 1 heterocycles. The number of carbonyl (C=O) groups excluding carboxylic acids is 1. The smallest absolute Gasteiger partial charge is 0.304 e. The number of aliphatic carboxylic acids is 1. The van der Waals surface area contributed by atoms with Gasteiger partial charge in [0.15, 0.2) is 0 Å². The number of piperidine rings is 1. The number of ether oxygens (including phenoxy) is 1. The van der Waals surface area contributed by atoms with E-state index in [1.54, 1.807) is 37.4 Å². The van der Waals surface area contributed by atoms with Gasteiger partial charge in [0.2, 0.25) is 15.9 Å². The number of methoxy groups -OCH3 is 1. The molecule has 8 nitrogen and oxygen atoms in total. The minimum atomic E-state index is -3.60. The van der Waals surface area contributed by atoms with Gasteiger partial charge >= 0.3 is 5.97 Å². The van der Waals surface area contributed by atoms with Crippen LogP contribution in [0.2, 0.25) is 10.0 Å². The number of amides is 1. The molecule has 11 heteroatoms. The lowest BCUT2D eigenvalue weighted by molar-refractivity contribution is -0.143. The van der Waals surface area contributed by atoms with Crippen LogP contribution < -0.4 is 5.32 Å². The lowest BCUT2D eigenvalue weighted by Crippen LogP contribution is -2.56. The van der Waals surface area contributed by atoms with Crippen LogP contribution in [0.5, 0.6) is 0 Å². The highest BCUT2D eigenvalue weighted by Crippen LogP contribution is 2.43. The van der Waals surface area contributed by atoms with Gasteiger partial charge in [-0.3, -0.25) is 9.59 Å². The van der Waals surface area contributed by atoms with E-state index in [1.165, 1.54) is 11.4 Å². The maximum Gasteiger partial charge on any atom is 0.304 e. The zero-order chi connectivity index (χ0) is 28.5. The highest BCUT2D eigenvalue weighted by molar-refractivity contribution is 7.90. The second-order valence-electron chi connectivity index (χ2n) is 10.5. The third-order valence-corrected chi connectivity index (χ3v) is 10.8. The third kappa shape index (κ3) is 6.60. The van der Waals surface area contributed by atoms with E-state index in [9.17, 15) is 23.1 Å². The van der Waals surface area contributed by atoms with Crippen molar-refractivity contribution in [2.45, 2.75) is 62.0 Å². The van der Waals surface area contributed by atoms with E-state index >= 15 is 0 Å². The van der Waals surface area contributed by atoms with Gasteiger partial charge in [-0.05, 0) is 54.7 Å². The monoisotopic (exact) mass is 596 g/mol. The van der Waals surface area contributed by atoms with Crippen LogP contribution in [-0.2, 0) is 24.3 Å². The molecule has 2 N–H and O–H groups in total. The number of rotatable bonds is 11. The summed E-state index contributed by atoms with van der Waals surface area (Å²) in [5.41, 5.74) is 1.58. The van der Waals surface area contributed by atoms with Gasteiger partial charge in [-0.25, -0.2) is 8.42 Å². The van der Waals surface area contributed by atoms with Crippen molar-refractivity contribution in [3.63, 3.8) is 0 Å². The summed E-state index contributed by atoms with van der Waals surface area (Å²) in [5.74, 6) is -2.75. The largest absolute Gasteiger partial charge is 0.481 e. The molecule has 212 valence electrons. The summed E-state index contributed by atoms with van der Waals surface area (Å²) in [5, 5.41) is 13.1. The Kier molecular flexibility index (Phi) is 9.28. The van der Waals surface area contributed by atoms with E-state index in [-0.39, 0.29) is 24.2 Å². The first kappa shape index (κ1) is 29.8. The normalized spacial score (nSPS) is 24.2. The molecule has 0 bridgehead atoms.